The summed E-state index contributed by atoms with van der Waals surface area (Å²) in [6.07, 6.45) is 3.25. The molecule has 0 spiro atoms. The summed E-state index contributed by atoms with van der Waals surface area (Å²) in [7, 11) is 3.52. The van der Waals surface area contributed by atoms with Gasteiger partial charge in [0.05, 0.1) is 19.1 Å². The Kier molecular flexibility index (Phi) is 5.45. The molecule has 22 heavy (non-hydrogen) atoms. The van der Waals surface area contributed by atoms with E-state index in [4.69, 9.17) is 10.5 Å². The van der Waals surface area contributed by atoms with E-state index in [2.05, 4.69) is 25.8 Å². The van der Waals surface area contributed by atoms with Crippen molar-refractivity contribution in [1.29, 1.82) is 0 Å². The van der Waals surface area contributed by atoms with Crippen LogP contribution in [0.5, 0.6) is 0 Å². The van der Waals surface area contributed by atoms with Crippen LogP contribution in [0.15, 0.2) is 0 Å². The zero-order chi connectivity index (χ0) is 16.4. The molecule has 6 heteroatoms. The number of hydrogen-bond donors (Lipinski definition) is 1. The number of carbonyl (C=O) groups is 2. The van der Waals surface area contributed by atoms with E-state index in [1.807, 2.05) is 4.90 Å². The monoisotopic (exact) mass is 311 g/mol. The summed E-state index contributed by atoms with van der Waals surface area (Å²) in [5, 5.41) is 0. The number of likely N-dealkylation sites (tertiary alicyclic amines) is 1. The number of esters is 1. The Hall–Kier alpha value is -1.14. The summed E-state index contributed by atoms with van der Waals surface area (Å²) >= 11 is 0. The Morgan fingerprint density at radius 1 is 1.36 bits per heavy atom. The fourth-order valence-corrected chi connectivity index (χ4v) is 3.76. The lowest BCUT2D eigenvalue weighted by Crippen LogP contribution is -2.53. The second kappa shape index (κ2) is 6.96. The fraction of sp³-hybridized carbons (Fsp3) is 0.875. The molecule has 2 rings (SSSR count). The average Bonchev–Trinajstić information content (AvgIpc) is 2.84. The number of hydrogen-bond acceptors (Lipinski definition) is 5. The Balaban J connectivity index is 2.14. The van der Waals surface area contributed by atoms with Crippen LogP contribution in [0, 0.1) is 5.92 Å². The first-order valence-corrected chi connectivity index (χ1v) is 8.22. The number of methoxy groups -OCH3 is 1. The van der Waals surface area contributed by atoms with E-state index in [-0.39, 0.29) is 23.8 Å². The van der Waals surface area contributed by atoms with Gasteiger partial charge in [-0.1, -0.05) is 0 Å². The fourth-order valence-electron chi connectivity index (χ4n) is 3.76. The van der Waals surface area contributed by atoms with Crippen molar-refractivity contribution in [3.63, 3.8) is 0 Å². The van der Waals surface area contributed by atoms with E-state index in [9.17, 15) is 9.59 Å². The molecule has 126 valence electrons. The van der Waals surface area contributed by atoms with E-state index in [1.165, 1.54) is 7.11 Å². The van der Waals surface area contributed by atoms with E-state index in [1.54, 1.807) is 0 Å². The second-order valence-corrected chi connectivity index (χ2v) is 6.85. The lowest BCUT2D eigenvalue weighted by Gasteiger charge is -2.43. The third-order valence-electron chi connectivity index (χ3n) is 5.36. The number of nitrogens with two attached hydrogens (primary N) is 1. The summed E-state index contributed by atoms with van der Waals surface area (Å²) in [6, 6.07) is 0.313. The zero-order valence-electron chi connectivity index (χ0n) is 14.1. The largest absolute Gasteiger partial charge is 0.469 e. The summed E-state index contributed by atoms with van der Waals surface area (Å²) in [5.41, 5.74) is 5.83. The molecule has 1 amide bonds. The first kappa shape index (κ1) is 17.2. The number of carbonyl (C=O) groups excluding carboxylic acids is 2. The van der Waals surface area contributed by atoms with Gasteiger partial charge < -0.3 is 20.3 Å². The molecule has 0 aromatic rings. The van der Waals surface area contributed by atoms with Gasteiger partial charge in [0.1, 0.15) is 0 Å². The molecule has 4 atom stereocenters. The van der Waals surface area contributed by atoms with Gasteiger partial charge in [0.2, 0.25) is 5.91 Å². The molecular weight excluding hydrogens is 282 g/mol. The topological polar surface area (TPSA) is 75.9 Å². The highest BCUT2D eigenvalue weighted by molar-refractivity contribution is 5.85. The molecule has 0 bridgehead atoms. The van der Waals surface area contributed by atoms with Crippen LogP contribution in [0.4, 0.5) is 0 Å². The predicted octanol–water partition coefficient (Wildman–Crippen LogP) is 0.597. The van der Waals surface area contributed by atoms with Crippen LogP contribution in [0.25, 0.3) is 0 Å². The maximum Gasteiger partial charge on any atom is 0.310 e. The van der Waals surface area contributed by atoms with Crippen LogP contribution in [-0.2, 0) is 14.3 Å². The Morgan fingerprint density at radius 3 is 2.55 bits per heavy atom. The lowest BCUT2D eigenvalue weighted by molar-refractivity contribution is -0.152. The van der Waals surface area contributed by atoms with Gasteiger partial charge in [0.25, 0.3) is 0 Å². The summed E-state index contributed by atoms with van der Waals surface area (Å²) in [4.78, 5) is 28.6. The Morgan fingerprint density at radius 2 is 2.05 bits per heavy atom. The number of nitrogens with zero attached hydrogens (tertiary/aromatic N) is 2. The van der Waals surface area contributed by atoms with Crippen molar-refractivity contribution in [3.8, 4) is 0 Å². The number of rotatable bonds is 4. The molecule has 0 aromatic carbocycles. The molecule has 1 aliphatic carbocycles. The smallest absolute Gasteiger partial charge is 0.310 e. The van der Waals surface area contributed by atoms with Crippen LogP contribution in [0.3, 0.4) is 0 Å². The molecule has 2 fully saturated rings. The maximum atomic E-state index is 12.3. The summed E-state index contributed by atoms with van der Waals surface area (Å²) in [6.45, 7) is 4.97. The highest BCUT2D eigenvalue weighted by Gasteiger charge is 2.44. The van der Waals surface area contributed by atoms with Crippen molar-refractivity contribution >= 4 is 11.9 Å². The minimum atomic E-state index is -0.408. The molecule has 2 aliphatic rings. The molecule has 1 saturated heterocycles. The minimum Gasteiger partial charge on any atom is -0.469 e. The van der Waals surface area contributed by atoms with Crippen molar-refractivity contribution < 1.29 is 14.3 Å². The molecule has 6 nitrogen and oxygen atoms in total. The van der Waals surface area contributed by atoms with E-state index in [0.717, 1.165) is 19.3 Å². The van der Waals surface area contributed by atoms with E-state index < -0.39 is 6.04 Å². The molecule has 0 aromatic heterocycles. The standard InChI is InChI=1S/C16H29N3O3/c1-10(2)18(3)11-5-6-14(12(9-11)16(21)22-4)19-8-7-13(17)15(19)20/h10-14H,5-9,17H2,1-4H3/t11-,12-,13?,14+/m1/s1. The summed E-state index contributed by atoms with van der Waals surface area (Å²) < 4.78 is 5.00. The maximum absolute atomic E-state index is 12.3. The first-order valence-electron chi connectivity index (χ1n) is 8.22. The Bertz CT molecular complexity index is 427. The number of ether oxygens (including phenoxy) is 1. The van der Waals surface area contributed by atoms with Crippen LogP contribution in [0.1, 0.15) is 39.5 Å². The molecule has 1 unspecified atom stereocenters. The molecule has 1 aliphatic heterocycles. The van der Waals surface area contributed by atoms with Gasteiger partial charge in [-0.15, -0.1) is 0 Å². The number of amides is 1. The highest BCUT2D eigenvalue weighted by Crippen LogP contribution is 2.34. The van der Waals surface area contributed by atoms with Gasteiger partial charge in [-0.05, 0) is 46.6 Å². The second-order valence-electron chi connectivity index (χ2n) is 6.85. The normalized spacial score (nSPS) is 32.9. The Labute approximate surface area is 132 Å². The van der Waals surface area contributed by atoms with Gasteiger partial charge >= 0.3 is 5.97 Å². The molecule has 0 radical (unpaired) electrons. The third kappa shape index (κ3) is 3.27. The highest BCUT2D eigenvalue weighted by atomic mass is 16.5. The molecule has 1 saturated carbocycles. The van der Waals surface area contributed by atoms with Gasteiger partial charge in [0, 0.05) is 24.7 Å². The van der Waals surface area contributed by atoms with Crippen molar-refractivity contribution in [3.05, 3.63) is 0 Å². The average molecular weight is 311 g/mol. The van der Waals surface area contributed by atoms with Gasteiger partial charge in [0.15, 0.2) is 0 Å². The van der Waals surface area contributed by atoms with Crippen molar-refractivity contribution in [2.45, 2.75) is 63.7 Å². The van der Waals surface area contributed by atoms with Crippen LogP contribution in [-0.4, -0.2) is 66.5 Å². The zero-order valence-corrected chi connectivity index (χ0v) is 14.1. The van der Waals surface area contributed by atoms with Gasteiger partial charge in [-0.2, -0.15) is 0 Å². The van der Waals surface area contributed by atoms with Crippen molar-refractivity contribution in [2.24, 2.45) is 11.7 Å². The SMILES string of the molecule is COC(=O)[C@@H]1C[C@H](N(C)C(C)C)CC[C@@H]1N1CCC(N)C1=O. The van der Waals surface area contributed by atoms with Gasteiger partial charge in [-0.3, -0.25) is 9.59 Å². The van der Waals surface area contributed by atoms with Crippen LogP contribution >= 0.6 is 0 Å². The molecular formula is C16H29N3O3. The molecule has 1 heterocycles. The summed E-state index contributed by atoms with van der Waals surface area (Å²) in [5.74, 6) is -0.478. The first-order chi connectivity index (χ1) is 10.4. The predicted molar refractivity (Wildman–Crippen MR) is 84.1 cm³/mol. The quantitative estimate of drug-likeness (QED) is 0.769. The van der Waals surface area contributed by atoms with Crippen LogP contribution < -0.4 is 5.73 Å². The minimum absolute atomic E-state index is 0.0189. The van der Waals surface area contributed by atoms with Crippen molar-refractivity contribution in [1.82, 2.24) is 9.80 Å². The lowest BCUT2D eigenvalue weighted by atomic mass is 9.80. The van der Waals surface area contributed by atoms with E-state index >= 15 is 0 Å². The van der Waals surface area contributed by atoms with E-state index in [0.29, 0.717) is 25.0 Å². The molecule has 2 N–H and O–H groups in total. The third-order valence-corrected chi connectivity index (χ3v) is 5.36. The van der Waals surface area contributed by atoms with Gasteiger partial charge in [-0.25, -0.2) is 0 Å². The van der Waals surface area contributed by atoms with Crippen molar-refractivity contribution in [2.75, 3.05) is 20.7 Å². The van der Waals surface area contributed by atoms with Crippen LogP contribution in [0.2, 0.25) is 0 Å².